The molecule has 4 rings (SSSR count). The van der Waals surface area contributed by atoms with Crippen LogP contribution in [-0.4, -0.2) is 64.5 Å². The number of amides is 2. The van der Waals surface area contributed by atoms with Gasteiger partial charge >= 0.3 is 6.03 Å². The zero-order valence-electron chi connectivity index (χ0n) is 15.3. The van der Waals surface area contributed by atoms with Gasteiger partial charge < -0.3 is 10.2 Å². The number of thioether (sulfide) groups is 1. The maximum Gasteiger partial charge on any atom is 0.321 e. The van der Waals surface area contributed by atoms with Gasteiger partial charge in [-0.3, -0.25) is 9.88 Å². The number of aryl methyl sites for hydroxylation is 1. The number of carbonyl (C=O) groups is 1. The fourth-order valence-electron chi connectivity index (χ4n) is 3.92. The molecule has 1 aromatic heterocycles. The van der Waals surface area contributed by atoms with Gasteiger partial charge in [0.2, 0.25) is 0 Å². The summed E-state index contributed by atoms with van der Waals surface area (Å²) in [5.41, 5.74) is 2.62. The van der Waals surface area contributed by atoms with E-state index in [4.69, 9.17) is 0 Å². The largest absolute Gasteiger partial charge is 0.324 e. The molecule has 2 amide bonds. The molecule has 3 heterocycles. The Bertz CT molecular complexity index is 782. The van der Waals surface area contributed by atoms with Crippen molar-refractivity contribution >= 4 is 34.4 Å². The third kappa shape index (κ3) is 3.81. The van der Waals surface area contributed by atoms with Crippen molar-refractivity contribution in [2.24, 2.45) is 0 Å². The lowest BCUT2D eigenvalue weighted by molar-refractivity contribution is 0.130. The molecule has 2 fully saturated rings. The lowest BCUT2D eigenvalue weighted by atomic mass is 10.0. The summed E-state index contributed by atoms with van der Waals surface area (Å²) in [4.78, 5) is 21.9. The molecule has 0 spiro atoms. The molecule has 1 aromatic carbocycles. The average molecular weight is 371 g/mol. The monoisotopic (exact) mass is 370 g/mol. The Kier molecular flexibility index (Phi) is 5.31. The highest BCUT2D eigenvalue weighted by Crippen LogP contribution is 2.24. The van der Waals surface area contributed by atoms with Gasteiger partial charge in [-0.1, -0.05) is 18.2 Å². The molecule has 0 radical (unpaired) electrons. The zero-order valence-corrected chi connectivity index (χ0v) is 16.1. The minimum Gasteiger partial charge on any atom is -0.324 e. The lowest BCUT2D eigenvalue weighted by Crippen LogP contribution is -2.49. The van der Waals surface area contributed by atoms with Gasteiger partial charge in [0.05, 0.1) is 11.2 Å². The van der Waals surface area contributed by atoms with E-state index in [0.29, 0.717) is 6.04 Å². The summed E-state index contributed by atoms with van der Waals surface area (Å²) in [6.45, 7) is 6.03. The van der Waals surface area contributed by atoms with Gasteiger partial charge in [-0.05, 0) is 31.9 Å². The van der Waals surface area contributed by atoms with Gasteiger partial charge in [-0.15, -0.1) is 0 Å². The van der Waals surface area contributed by atoms with Crippen LogP contribution < -0.4 is 5.32 Å². The van der Waals surface area contributed by atoms with Gasteiger partial charge in [0.1, 0.15) is 0 Å². The van der Waals surface area contributed by atoms with E-state index in [0.717, 1.165) is 48.2 Å². The van der Waals surface area contributed by atoms with Crippen molar-refractivity contribution in [2.75, 3.05) is 43.0 Å². The van der Waals surface area contributed by atoms with E-state index in [2.05, 4.69) is 21.3 Å². The van der Waals surface area contributed by atoms with E-state index in [-0.39, 0.29) is 6.03 Å². The van der Waals surface area contributed by atoms with Crippen LogP contribution in [0.4, 0.5) is 10.5 Å². The summed E-state index contributed by atoms with van der Waals surface area (Å²) in [6.07, 6.45) is 2.15. The molecule has 26 heavy (non-hydrogen) atoms. The van der Waals surface area contributed by atoms with Crippen molar-refractivity contribution < 1.29 is 4.79 Å². The van der Waals surface area contributed by atoms with Gasteiger partial charge in [0.15, 0.2) is 0 Å². The standard InChI is InChI=1S/C20H26N4OS/c1-15-5-6-16-3-2-4-18(19(16)21-15)22-20(25)24-9-7-17(8-10-24)23-11-13-26-14-12-23/h2-6,17H,7-14H2,1H3,(H,22,25). The summed E-state index contributed by atoms with van der Waals surface area (Å²) in [5, 5.41) is 4.13. The van der Waals surface area contributed by atoms with Gasteiger partial charge in [-0.2, -0.15) is 11.8 Å². The predicted octanol–water partition coefficient (Wildman–Crippen LogP) is 3.59. The number of urea groups is 1. The van der Waals surface area contributed by atoms with E-state index in [1.807, 2.05) is 47.9 Å². The summed E-state index contributed by atoms with van der Waals surface area (Å²) in [7, 11) is 0. The number of carbonyl (C=O) groups excluding carboxylic acids is 1. The Labute approximate surface area is 159 Å². The number of benzene rings is 1. The minimum absolute atomic E-state index is 0.00606. The van der Waals surface area contributed by atoms with Crippen LogP contribution in [0.3, 0.4) is 0 Å². The summed E-state index contributed by atoms with van der Waals surface area (Å²) >= 11 is 2.05. The Balaban J connectivity index is 1.39. The molecule has 0 saturated carbocycles. The van der Waals surface area contributed by atoms with E-state index < -0.39 is 0 Å². The number of fused-ring (bicyclic) bond motifs is 1. The topological polar surface area (TPSA) is 48.5 Å². The maximum absolute atomic E-state index is 12.7. The van der Waals surface area contributed by atoms with Crippen LogP contribution in [0.15, 0.2) is 30.3 Å². The predicted molar refractivity (Wildman–Crippen MR) is 109 cm³/mol. The average Bonchev–Trinajstić information content (AvgIpc) is 2.69. The van der Waals surface area contributed by atoms with Gasteiger partial charge in [-0.25, -0.2) is 4.79 Å². The molecule has 2 aromatic rings. The number of rotatable bonds is 2. The first kappa shape index (κ1) is 17.6. The second-order valence-corrected chi connectivity index (χ2v) is 8.35. The number of pyridine rings is 1. The SMILES string of the molecule is Cc1ccc2cccc(NC(=O)N3CCC(N4CCSCC4)CC3)c2n1. The number of para-hydroxylation sites is 1. The fraction of sp³-hybridized carbons (Fsp3) is 0.500. The van der Waals surface area contributed by atoms with E-state index >= 15 is 0 Å². The van der Waals surface area contributed by atoms with Crippen LogP contribution in [0.25, 0.3) is 10.9 Å². The minimum atomic E-state index is -0.00606. The fourth-order valence-corrected chi connectivity index (χ4v) is 4.85. The number of piperidine rings is 1. The highest BCUT2D eigenvalue weighted by Gasteiger charge is 2.27. The highest BCUT2D eigenvalue weighted by molar-refractivity contribution is 7.99. The summed E-state index contributed by atoms with van der Waals surface area (Å²) in [5.74, 6) is 2.49. The first-order chi connectivity index (χ1) is 12.7. The van der Waals surface area contributed by atoms with Crippen LogP contribution >= 0.6 is 11.8 Å². The van der Waals surface area contributed by atoms with Crippen molar-refractivity contribution in [3.63, 3.8) is 0 Å². The van der Waals surface area contributed by atoms with Crippen molar-refractivity contribution in [3.8, 4) is 0 Å². The first-order valence-corrected chi connectivity index (χ1v) is 10.6. The summed E-state index contributed by atoms with van der Waals surface area (Å²) < 4.78 is 0. The Morgan fingerprint density at radius 3 is 2.65 bits per heavy atom. The Morgan fingerprint density at radius 1 is 1.12 bits per heavy atom. The molecule has 2 aliphatic heterocycles. The van der Waals surface area contributed by atoms with Crippen molar-refractivity contribution in [1.82, 2.24) is 14.8 Å². The smallest absolute Gasteiger partial charge is 0.321 e. The number of nitrogens with one attached hydrogen (secondary N) is 1. The Hall–Kier alpha value is -1.79. The van der Waals surface area contributed by atoms with Gasteiger partial charge in [0, 0.05) is 54.8 Å². The molecule has 0 aliphatic carbocycles. The first-order valence-electron chi connectivity index (χ1n) is 9.45. The van der Waals surface area contributed by atoms with Crippen LogP contribution in [0, 0.1) is 6.92 Å². The quantitative estimate of drug-likeness (QED) is 0.878. The molecule has 1 N–H and O–H groups in total. The molecule has 0 unspecified atom stereocenters. The molecule has 5 nitrogen and oxygen atoms in total. The van der Waals surface area contributed by atoms with Crippen molar-refractivity contribution in [3.05, 3.63) is 36.0 Å². The van der Waals surface area contributed by atoms with E-state index in [9.17, 15) is 4.79 Å². The molecule has 2 aliphatic rings. The number of nitrogens with zero attached hydrogens (tertiary/aromatic N) is 3. The van der Waals surface area contributed by atoms with Crippen LogP contribution in [0.1, 0.15) is 18.5 Å². The van der Waals surface area contributed by atoms with Crippen molar-refractivity contribution in [1.29, 1.82) is 0 Å². The van der Waals surface area contributed by atoms with E-state index in [1.54, 1.807) is 0 Å². The molecule has 138 valence electrons. The second kappa shape index (κ2) is 7.84. The molecule has 0 bridgehead atoms. The third-order valence-corrected chi connectivity index (χ3v) is 6.36. The summed E-state index contributed by atoms with van der Waals surface area (Å²) in [6, 6.07) is 10.6. The molecule has 0 atom stereocenters. The second-order valence-electron chi connectivity index (χ2n) is 7.13. The molecular weight excluding hydrogens is 344 g/mol. The number of anilines is 1. The number of hydrogen-bond acceptors (Lipinski definition) is 4. The molecular formula is C20H26N4OS. The molecule has 6 heteroatoms. The van der Waals surface area contributed by atoms with Crippen LogP contribution in [-0.2, 0) is 0 Å². The normalized spacial score (nSPS) is 19.7. The number of aromatic nitrogens is 1. The van der Waals surface area contributed by atoms with Crippen LogP contribution in [0.2, 0.25) is 0 Å². The van der Waals surface area contributed by atoms with E-state index in [1.165, 1.54) is 24.6 Å². The zero-order chi connectivity index (χ0) is 17.9. The van der Waals surface area contributed by atoms with Crippen LogP contribution in [0.5, 0.6) is 0 Å². The number of hydrogen-bond donors (Lipinski definition) is 1. The van der Waals surface area contributed by atoms with Gasteiger partial charge in [0.25, 0.3) is 0 Å². The maximum atomic E-state index is 12.7. The number of likely N-dealkylation sites (tertiary alicyclic amines) is 1. The Morgan fingerprint density at radius 2 is 1.88 bits per heavy atom. The highest BCUT2D eigenvalue weighted by atomic mass is 32.2. The van der Waals surface area contributed by atoms with Crippen molar-refractivity contribution in [2.45, 2.75) is 25.8 Å². The molecule has 2 saturated heterocycles. The third-order valence-electron chi connectivity index (χ3n) is 5.41. The lowest BCUT2D eigenvalue weighted by Gasteiger charge is -2.40.